The van der Waals surface area contributed by atoms with Gasteiger partial charge in [-0.2, -0.15) is 5.10 Å². The van der Waals surface area contributed by atoms with Crippen LogP contribution in [0.4, 0.5) is 0 Å². The third kappa shape index (κ3) is 5.92. The van der Waals surface area contributed by atoms with Crippen molar-refractivity contribution >= 4 is 11.8 Å². The maximum absolute atomic E-state index is 12.9. The van der Waals surface area contributed by atoms with Crippen molar-refractivity contribution in [1.29, 1.82) is 0 Å². The van der Waals surface area contributed by atoms with Crippen molar-refractivity contribution in [3.05, 3.63) is 53.3 Å². The zero-order valence-electron chi connectivity index (χ0n) is 18.1. The van der Waals surface area contributed by atoms with Gasteiger partial charge in [-0.05, 0) is 31.2 Å². The van der Waals surface area contributed by atoms with E-state index in [1.165, 1.54) is 0 Å². The van der Waals surface area contributed by atoms with E-state index in [9.17, 15) is 9.59 Å². The van der Waals surface area contributed by atoms with Crippen LogP contribution in [0, 0.1) is 0 Å². The molecule has 1 aromatic carbocycles. The fourth-order valence-corrected chi connectivity index (χ4v) is 3.89. The molecule has 0 radical (unpaired) electrons. The Morgan fingerprint density at radius 2 is 1.87 bits per heavy atom. The molecule has 2 heterocycles. The Bertz CT molecular complexity index is 825. The standard InChI is InChI=1S/C23H33N5O2/c1-3-12-24-22(29)17-27-13-10-19(11-14-27)26-23(30)20-15-25-28(21(20)4-2)16-18-8-6-5-7-9-18/h5-9,15,19H,3-4,10-14,16-17H2,1-2H3,(H,24,29)(H,26,30). The third-order valence-corrected chi connectivity index (χ3v) is 5.57. The third-order valence-electron chi connectivity index (χ3n) is 5.57. The van der Waals surface area contributed by atoms with Crippen LogP contribution in [0.5, 0.6) is 0 Å². The van der Waals surface area contributed by atoms with E-state index < -0.39 is 0 Å². The normalized spacial score (nSPS) is 15.1. The number of aromatic nitrogens is 2. The number of hydrogen-bond donors (Lipinski definition) is 2. The largest absolute Gasteiger partial charge is 0.355 e. The van der Waals surface area contributed by atoms with Gasteiger partial charge in [0.1, 0.15) is 0 Å². The predicted molar refractivity (Wildman–Crippen MR) is 117 cm³/mol. The van der Waals surface area contributed by atoms with Crippen molar-refractivity contribution in [2.75, 3.05) is 26.2 Å². The number of amides is 2. The van der Waals surface area contributed by atoms with Crippen LogP contribution in [0.3, 0.4) is 0 Å². The molecule has 1 aliphatic rings. The summed E-state index contributed by atoms with van der Waals surface area (Å²) in [7, 11) is 0. The van der Waals surface area contributed by atoms with Gasteiger partial charge in [0.05, 0.1) is 30.5 Å². The first-order valence-electron chi connectivity index (χ1n) is 11.0. The summed E-state index contributed by atoms with van der Waals surface area (Å²) < 4.78 is 1.92. The van der Waals surface area contributed by atoms with E-state index >= 15 is 0 Å². The molecule has 30 heavy (non-hydrogen) atoms. The second-order valence-electron chi connectivity index (χ2n) is 7.88. The molecule has 1 saturated heterocycles. The number of piperidine rings is 1. The molecule has 0 unspecified atom stereocenters. The monoisotopic (exact) mass is 411 g/mol. The van der Waals surface area contributed by atoms with Crippen LogP contribution in [0.15, 0.2) is 36.5 Å². The lowest BCUT2D eigenvalue weighted by molar-refractivity contribution is -0.122. The van der Waals surface area contributed by atoms with E-state index in [4.69, 9.17) is 0 Å². The summed E-state index contributed by atoms with van der Waals surface area (Å²) in [6.07, 6.45) is 5.09. The summed E-state index contributed by atoms with van der Waals surface area (Å²) in [6, 6.07) is 10.3. The van der Waals surface area contributed by atoms with E-state index in [0.29, 0.717) is 18.7 Å². The Hall–Kier alpha value is -2.67. The second kappa shape index (κ2) is 10.9. The average molecular weight is 412 g/mol. The lowest BCUT2D eigenvalue weighted by Crippen LogP contribution is -2.47. The maximum atomic E-state index is 12.9. The van der Waals surface area contributed by atoms with Crippen LogP contribution < -0.4 is 10.6 Å². The summed E-state index contributed by atoms with van der Waals surface area (Å²) >= 11 is 0. The van der Waals surface area contributed by atoms with Gasteiger partial charge in [-0.3, -0.25) is 19.2 Å². The first kappa shape index (κ1) is 22.0. The van der Waals surface area contributed by atoms with Gasteiger partial charge in [-0.25, -0.2) is 0 Å². The Morgan fingerprint density at radius 1 is 1.13 bits per heavy atom. The van der Waals surface area contributed by atoms with Crippen LogP contribution in [0.2, 0.25) is 0 Å². The highest BCUT2D eigenvalue weighted by Gasteiger charge is 2.24. The molecule has 1 aliphatic heterocycles. The van der Waals surface area contributed by atoms with Crippen molar-refractivity contribution in [3.63, 3.8) is 0 Å². The molecule has 162 valence electrons. The smallest absolute Gasteiger partial charge is 0.254 e. The molecule has 2 amide bonds. The number of hydrogen-bond acceptors (Lipinski definition) is 4. The van der Waals surface area contributed by atoms with E-state index in [0.717, 1.165) is 56.6 Å². The summed E-state index contributed by atoms with van der Waals surface area (Å²) in [4.78, 5) is 26.9. The first-order chi connectivity index (χ1) is 14.6. The van der Waals surface area contributed by atoms with Crippen LogP contribution in [0.25, 0.3) is 0 Å². The molecule has 0 saturated carbocycles. The molecule has 7 heteroatoms. The zero-order valence-corrected chi connectivity index (χ0v) is 18.1. The number of carbonyl (C=O) groups is 2. The topological polar surface area (TPSA) is 79.3 Å². The molecule has 0 atom stereocenters. The van der Waals surface area contributed by atoms with Gasteiger partial charge in [-0.15, -0.1) is 0 Å². The number of likely N-dealkylation sites (tertiary alicyclic amines) is 1. The zero-order chi connectivity index (χ0) is 21.3. The molecule has 1 aromatic heterocycles. The molecular formula is C23H33N5O2. The fourth-order valence-electron chi connectivity index (χ4n) is 3.89. The Balaban J connectivity index is 1.52. The molecule has 0 spiro atoms. The van der Waals surface area contributed by atoms with Crippen LogP contribution in [0.1, 0.15) is 54.7 Å². The molecule has 1 fully saturated rings. The van der Waals surface area contributed by atoms with Crippen molar-refractivity contribution in [1.82, 2.24) is 25.3 Å². The Labute approximate surface area is 178 Å². The van der Waals surface area contributed by atoms with E-state index in [1.807, 2.05) is 29.8 Å². The van der Waals surface area contributed by atoms with E-state index in [1.54, 1.807) is 6.20 Å². The van der Waals surface area contributed by atoms with Crippen molar-refractivity contribution in [2.24, 2.45) is 0 Å². The summed E-state index contributed by atoms with van der Waals surface area (Å²) in [5, 5.41) is 10.6. The molecule has 2 N–H and O–H groups in total. The van der Waals surface area contributed by atoms with Crippen molar-refractivity contribution in [3.8, 4) is 0 Å². The highest BCUT2D eigenvalue weighted by Crippen LogP contribution is 2.15. The summed E-state index contributed by atoms with van der Waals surface area (Å²) in [6.45, 7) is 7.56. The van der Waals surface area contributed by atoms with Crippen LogP contribution >= 0.6 is 0 Å². The number of rotatable bonds is 9. The number of nitrogens with zero attached hydrogens (tertiary/aromatic N) is 3. The van der Waals surface area contributed by atoms with Gasteiger partial charge in [0, 0.05) is 25.7 Å². The second-order valence-corrected chi connectivity index (χ2v) is 7.88. The SMILES string of the molecule is CCCNC(=O)CN1CCC(NC(=O)c2cnn(Cc3ccccc3)c2CC)CC1. The lowest BCUT2D eigenvalue weighted by atomic mass is 10.0. The van der Waals surface area contributed by atoms with Gasteiger partial charge >= 0.3 is 0 Å². The molecule has 3 rings (SSSR count). The number of carbonyl (C=O) groups excluding carboxylic acids is 2. The summed E-state index contributed by atoms with van der Waals surface area (Å²) in [5.74, 6) is 0.0306. The van der Waals surface area contributed by atoms with Gasteiger partial charge in [-0.1, -0.05) is 44.2 Å². The Morgan fingerprint density at radius 3 is 2.53 bits per heavy atom. The van der Waals surface area contributed by atoms with Gasteiger partial charge in [0.25, 0.3) is 5.91 Å². The van der Waals surface area contributed by atoms with Crippen molar-refractivity contribution in [2.45, 2.75) is 52.1 Å². The minimum Gasteiger partial charge on any atom is -0.355 e. The highest BCUT2D eigenvalue weighted by molar-refractivity contribution is 5.95. The molecule has 0 bridgehead atoms. The van der Waals surface area contributed by atoms with E-state index in [-0.39, 0.29) is 17.9 Å². The molecule has 2 aromatic rings. The quantitative estimate of drug-likeness (QED) is 0.663. The summed E-state index contributed by atoms with van der Waals surface area (Å²) in [5.41, 5.74) is 2.79. The van der Waals surface area contributed by atoms with Gasteiger partial charge in [0.2, 0.25) is 5.91 Å². The van der Waals surface area contributed by atoms with Crippen LogP contribution in [-0.4, -0.2) is 58.7 Å². The minimum atomic E-state index is -0.0506. The maximum Gasteiger partial charge on any atom is 0.254 e. The first-order valence-corrected chi connectivity index (χ1v) is 11.0. The fraction of sp³-hybridized carbons (Fsp3) is 0.522. The minimum absolute atomic E-state index is 0.0506. The number of nitrogens with one attached hydrogen (secondary N) is 2. The van der Waals surface area contributed by atoms with E-state index in [2.05, 4.69) is 39.7 Å². The lowest BCUT2D eigenvalue weighted by Gasteiger charge is -2.31. The van der Waals surface area contributed by atoms with Gasteiger partial charge in [0.15, 0.2) is 0 Å². The highest BCUT2D eigenvalue weighted by atomic mass is 16.2. The Kier molecular flexibility index (Phi) is 8.02. The predicted octanol–water partition coefficient (Wildman–Crippen LogP) is 2.21. The van der Waals surface area contributed by atoms with Crippen molar-refractivity contribution < 1.29 is 9.59 Å². The number of benzene rings is 1. The molecule has 0 aliphatic carbocycles. The molecule has 7 nitrogen and oxygen atoms in total. The van der Waals surface area contributed by atoms with Crippen LogP contribution in [-0.2, 0) is 17.8 Å². The molecular weight excluding hydrogens is 378 g/mol. The average Bonchev–Trinajstić information content (AvgIpc) is 3.17. The van der Waals surface area contributed by atoms with Gasteiger partial charge < -0.3 is 10.6 Å².